The third kappa shape index (κ3) is 2.37. The first-order chi connectivity index (χ1) is 12.2. The maximum Gasteiger partial charge on any atom is 0.340 e. The summed E-state index contributed by atoms with van der Waals surface area (Å²) in [5.41, 5.74) is 1.76. The van der Waals surface area contributed by atoms with Gasteiger partial charge < -0.3 is 4.74 Å². The van der Waals surface area contributed by atoms with Crippen molar-refractivity contribution in [3.8, 4) is 0 Å². The molecule has 0 aliphatic carbocycles. The SMILES string of the molecule is COC(=O)c1cc(C(=O)c2ccccc2)n2ncc3ccccc3c12. The molecule has 4 aromatic rings. The number of rotatable bonds is 3. The Morgan fingerprint density at radius 1 is 1.00 bits per heavy atom. The monoisotopic (exact) mass is 330 g/mol. The predicted molar refractivity (Wildman–Crippen MR) is 93.9 cm³/mol. The second-order valence-corrected chi connectivity index (χ2v) is 5.62. The molecule has 0 bridgehead atoms. The van der Waals surface area contributed by atoms with Gasteiger partial charge in [-0.2, -0.15) is 5.10 Å². The number of ketones is 1. The molecule has 0 radical (unpaired) electrons. The molecule has 0 aliphatic heterocycles. The molecular weight excluding hydrogens is 316 g/mol. The average molecular weight is 330 g/mol. The molecule has 2 heterocycles. The average Bonchev–Trinajstić information content (AvgIpc) is 3.07. The van der Waals surface area contributed by atoms with Gasteiger partial charge in [-0.3, -0.25) is 4.79 Å². The minimum atomic E-state index is -0.497. The summed E-state index contributed by atoms with van der Waals surface area (Å²) in [6, 6.07) is 18.1. The summed E-state index contributed by atoms with van der Waals surface area (Å²) in [5.74, 6) is -0.698. The number of benzene rings is 2. The van der Waals surface area contributed by atoms with Crippen LogP contribution in [-0.4, -0.2) is 28.5 Å². The summed E-state index contributed by atoms with van der Waals surface area (Å²) in [4.78, 5) is 25.2. The standard InChI is InChI=1S/C20H14N2O3/c1-25-20(24)16-11-17(19(23)13-7-3-2-4-8-13)22-18(16)15-10-6-5-9-14(15)12-21-22/h2-12H,1H3. The lowest BCUT2D eigenvalue weighted by molar-refractivity contribution is 0.0603. The maximum absolute atomic E-state index is 12.9. The summed E-state index contributed by atoms with van der Waals surface area (Å²) in [6.45, 7) is 0. The van der Waals surface area contributed by atoms with Crippen LogP contribution in [0.15, 0.2) is 66.9 Å². The fraction of sp³-hybridized carbons (Fsp3) is 0.0500. The molecule has 0 amide bonds. The minimum absolute atomic E-state index is 0.200. The molecule has 2 aromatic heterocycles. The smallest absolute Gasteiger partial charge is 0.340 e. The fourth-order valence-corrected chi connectivity index (χ4v) is 2.99. The Labute approximate surface area is 143 Å². The number of carbonyl (C=O) groups excluding carboxylic acids is 2. The molecular formula is C20H14N2O3. The van der Waals surface area contributed by atoms with Gasteiger partial charge in [0.15, 0.2) is 0 Å². The number of fused-ring (bicyclic) bond motifs is 3. The molecule has 122 valence electrons. The number of esters is 1. The van der Waals surface area contributed by atoms with Crippen LogP contribution in [0.3, 0.4) is 0 Å². The molecule has 0 saturated heterocycles. The molecule has 0 spiro atoms. The van der Waals surface area contributed by atoms with E-state index in [1.807, 2.05) is 30.3 Å². The number of methoxy groups -OCH3 is 1. The van der Waals surface area contributed by atoms with Crippen LogP contribution in [0.2, 0.25) is 0 Å². The minimum Gasteiger partial charge on any atom is -0.465 e. The number of aromatic nitrogens is 2. The molecule has 0 atom stereocenters. The van der Waals surface area contributed by atoms with Crippen molar-refractivity contribution in [3.63, 3.8) is 0 Å². The van der Waals surface area contributed by atoms with E-state index in [2.05, 4.69) is 5.10 Å². The van der Waals surface area contributed by atoms with E-state index < -0.39 is 5.97 Å². The first kappa shape index (κ1) is 15.1. The molecule has 0 N–H and O–H groups in total. The fourth-order valence-electron chi connectivity index (χ4n) is 2.99. The number of hydrogen-bond donors (Lipinski definition) is 0. The van der Waals surface area contributed by atoms with E-state index in [0.717, 1.165) is 10.8 Å². The van der Waals surface area contributed by atoms with Gasteiger partial charge in [0.2, 0.25) is 5.78 Å². The highest BCUT2D eigenvalue weighted by atomic mass is 16.5. The molecule has 25 heavy (non-hydrogen) atoms. The van der Waals surface area contributed by atoms with E-state index in [1.165, 1.54) is 11.6 Å². The Bertz CT molecular complexity index is 1110. The van der Waals surface area contributed by atoms with Crippen molar-refractivity contribution in [1.29, 1.82) is 0 Å². The summed E-state index contributed by atoms with van der Waals surface area (Å²) in [6.07, 6.45) is 1.69. The second-order valence-electron chi connectivity index (χ2n) is 5.62. The van der Waals surface area contributed by atoms with Crippen LogP contribution >= 0.6 is 0 Å². The van der Waals surface area contributed by atoms with Gasteiger partial charge in [-0.05, 0) is 6.07 Å². The largest absolute Gasteiger partial charge is 0.465 e. The van der Waals surface area contributed by atoms with Gasteiger partial charge in [-0.15, -0.1) is 0 Å². The predicted octanol–water partition coefficient (Wildman–Crippen LogP) is 3.51. The van der Waals surface area contributed by atoms with E-state index in [0.29, 0.717) is 22.3 Å². The Morgan fingerprint density at radius 2 is 1.72 bits per heavy atom. The zero-order chi connectivity index (χ0) is 17.4. The van der Waals surface area contributed by atoms with E-state index >= 15 is 0 Å². The molecule has 0 saturated carbocycles. The highest BCUT2D eigenvalue weighted by Crippen LogP contribution is 2.26. The van der Waals surface area contributed by atoms with Crippen LogP contribution in [-0.2, 0) is 4.74 Å². The van der Waals surface area contributed by atoms with Crippen LogP contribution in [0.5, 0.6) is 0 Å². The van der Waals surface area contributed by atoms with Gasteiger partial charge in [0.05, 0.1) is 24.4 Å². The number of nitrogens with zero attached hydrogens (tertiary/aromatic N) is 2. The molecule has 0 unspecified atom stereocenters. The van der Waals surface area contributed by atoms with Crippen molar-refractivity contribution in [2.45, 2.75) is 0 Å². The third-order valence-corrected chi connectivity index (χ3v) is 4.18. The van der Waals surface area contributed by atoms with Crippen molar-refractivity contribution < 1.29 is 14.3 Å². The molecule has 5 heteroatoms. The Kier molecular flexibility index (Phi) is 3.54. The van der Waals surface area contributed by atoms with Gasteiger partial charge in [0.25, 0.3) is 0 Å². The molecule has 0 aliphatic rings. The van der Waals surface area contributed by atoms with Gasteiger partial charge in [0, 0.05) is 16.3 Å². The van der Waals surface area contributed by atoms with Crippen LogP contribution in [0.25, 0.3) is 16.3 Å². The first-order valence-electron chi connectivity index (χ1n) is 7.78. The van der Waals surface area contributed by atoms with Crippen molar-refractivity contribution in [2.75, 3.05) is 7.11 Å². The first-order valence-corrected chi connectivity index (χ1v) is 7.78. The summed E-state index contributed by atoms with van der Waals surface area (Å²) >= 11 is 0. The quantitative estimate of drug-likeness (QED) is 0.426. The summed E-state index contributed by atoms with van der Waals surface area (Å²) < 4.78 is 6.42. The van der Waals surface area contributed by atoms with E-state index in [1.54, 1.807) is 36.5 Å². The second kappa shape index (κ2) is 5.87. The Hall–Kier alpha value is -3.47. The number of hydrogen-bond acceptors (Lipinski definition) is 4. The Balaban J connectivity index is 2.05. The van der Waals surface area contributed by atoms with E-state index in [-0.39, 0.29) is 5.78 Å². The van der Waals surface area contributed by atoms with Crippen molar-refractivity contribution in [2.24, 2.45) is 0 Å². The van der Waals surface area contributed by atoms with Gasteiger partial charge in [0.1, 0.15) is 5.69 Å². The van der Waals surface area contributed by atoms with Crippen LogP contribution < -0.4 is 0 Å². The lowest BCUT2D eigenvalue weighted by Gasteiger charge is -2.05. The van der Waals surface area contributed by atoms with E-state index in [9.17, 15) is 9.59 Å². The van der Waals surface area contributed by atoms with Gasteiger partial charge in [-0.1, -0.05) is 54.6 Å². The molecule has 5 nitrogen and oxygen atoms in total. The zero-order valence-corrected chi connectivity index (χ0v) is 13.5. The highest BCUT2D eigenvalue weighted by Gasteiger charge is 2.23. The Morgan fingerprint density at radius 3 is 2.48 bits per heavy atom. The van der Waals surface area contributed by atoms with Gasteiger partial charge in [-0.25, -0.2) is 9.31 Å². The van der Waals surface area contributed by atoms with Gasteiger partial charge >= 0.3 is 5.97 Å². The number of carbonyl (C=O) groups is 2. The summed E-state index contributed by atoms with van der Waals surface area (Å²) in [5, 5.41) is 6.11. The molecule has 2 aromatic carbocycles. The molecule has 0 fully saturated rings. The maximum atomic E-state index is 12.9. The lowest BCUT2D eigenvalue weighted by Crippen LogP contribution is -2.07. The lowest BCUT2D eigenvalue weighted by atomic mass is 10.1. The topological polar surface area (TPSA) is 60.7 Å². The van der Waals surface area contributed by atoms with E-state index in [4.69, 9.17) is 4.74 Å². The zero-order valence-electron chi connectivity index (χ0n) is 13.5. The van der Waals surface area contributed by atoms with Crippen molar-refractivity contribution in [1.82, 2.24) is 9.61 Å². The van der Waals surface area contributed by atoms with Crippen LogP contribution in [0.1, 0.15) is 26.4 Å². The van der Waals surface area contributed by atoms with Crippen molar-refractivity contribution >= 4 is 28.0 Å². The summed E-state index contributed by atoms with van der Waals surface area (Å²) in [7, 11) is 1.32. The van der Waals surface area contributed by atoms with Crippen molar-refractivity contribution in [3.05, 3.63) is 83.7 Å². The molecule has 4 rings (SSSR count). The highest BCUT2D eigenvalue weighted by molar-refractivity contribution is 6.14. The number of ether oxygens (including phenoxy) is 1. The normalized spacial score (nSPS) is 10.9. The van der Waals surface area contributed by atoms with Crippen LogP contribution in [0, 0.1) is 0 Å². The van der Waals surface area contributed by atoms with Crippen LogP contribution in [0.4, 0.5) is 0 Å². The third-order valence-electron chi connectivity index (χ3n) is 4.18.